The third-order valence-corrected chi connectivity index (χ3v) is 11.5. The Labute approximate surface area is 205 Å². The van der Waals surface area contributed by atoms with E-state index in [0.29, 0.717) is 35.4 Å². The molecule has 4 aliphatic carbocycles. The van der Waals surface area contributed by atoms with Crippen LogP contribution in [0.2, 0.25) is 0 Å². The van der Waals surface area contributed by atoms with Crippen LogP contribution in [0.25, 0.3) is 0 Å². The summed E-state index contributed by atoms with van der Waals surface area (Å²) in [5.41, 5.74) is 0.441. The highest BCUT2D eigenvalue weighted by atomic mass is 16.7. The van der Waals surface area contributed by atoms with Gasteiger partial charge in [-0.2, -0.15) is 0 Å². The predicted molar refractivity (Wildman–Crippen MR) is 130 cm³/mol. The molecule has 1 N–H and O–H groups in total. The number of hydrogen-bond donors (Lipinski definition) is 1. The van der Waals surface area contributed by atoms with Crippen molar-refractivity contribution in [3.05, 3.63) is 0 Å². The monoisotopic (exact) mass is 474 g/mol. The molecule has 5 heteroatoms. The molecule has 0 spiro atoms. The molecule has 0 radical (unpaired) electrons. The lowest BCUT2D eigenvalue weighted by Crippen LogP contribution is -2.57. The van der Waals surface area contributed by atoms with E-state index < -0.39 is 5.97 Å². The molecule has 5 aliphatic rings. The average Bonchev–Trinajstić information content (AvgIpc) is 3.16. The van der Waals surface area contributed by atoms with Crippen LogP contribution in [0.1, 0.15) is 104 Å². The quantitative estimate of drug-likeness (QED) is 0.462. The molecule has 5 nitrogen and oxygen atoms in total. The van der Waals surface area contributed by atoms with Gasteiger partial charge < -0.3 is 14.6 Å². The molecule has 0 aromatic carbocycles. The first-order chi connectivity index (χ1) is 16.2. The molecule has 0 aromatic rings. The molecule has 1 heterocycles. The van der Waals surface area contributed by atoms with Crippen LogP contribution < -0.4 is 0 Å². The maximum atomic E-state index is 13.8. The van der Waals surface area contributed by atoms with Gasteiger partial charge in [-0.1, -0.05) is 20.8 Å². The number of ketones is 1. The molecule has 6 unspecified atom stereocenters. The van der Waals surface area contributed by atoms with E-state index in [1.54, 1.807) is 0 Å². The van der Waals surface area contributed by atoms with Crippen molar-refractivity contribution in [1.29, 1.82) is 0 Å². The molecule has 5 rings (SSSR count). The lowest BCUT2D eigenvalue weighted by atomic mass is 9.44. The van der Waals surface area contributed by atoms with Gasteiger partial charge in [0.05, 0.1) is 6.10 Å². The van der Waals surface area contributed by atoms with Crippen molar-refractivity contribution in [2.45, 2.75) is 117 Å². The van der Waals surface area contributed by atoms with Crippen LogP contribution in [0.4, 0.5) is 0 Å². The fourth-order valence-electron chi connectivity index (χ4n) is 9.58. The summed E-state index contributed by atoms with van der Waals surface area (Å²) in [6.07, 6.45) is 13.3. The summed E-state index contributed by atoms with van der Waals surface area (Å²) in [5, 5.41) is 9.18. The number of carboxylic acid groups (broad SMARTS) is 1. The number of hydrogen-bond acceptors (Lipinski definition) is 4. The zero-order valence-corrected chi connectivity index (χ0v) is 21.6. The molecule has 1 saturated heterocycles. The van der Waals surface area contributed by atoms with Gasteiger partial charge in [-0.05, 0) is 111 Å². The minimum Gasteiger partial charge on any atom is -0.481 e. The van der Waals surface area contributed by atoms with Gasteiger partial charge in [-0.3, -0.25) is 9.59 Å². The van der Waals surface area contributed by atoms with Gasteiger partial charge in [0.15, 0.2) is 6.29 Å². The van der Waals surface area contributed by atoms with Crippen LogP contribution in [-0.2, 0) is 19.1 Å². The lowest BCUT2D eigenvalue weighted by Gasteiger charge is -2.60. The van der Waals surface area contributed by atoms with Gasteiger partial charge in [0.2, 0.25) is 0 Å². The Hall–Kier alpha value is -0.940. The Morgan fingerprint density at radius 3 is 2.59 bits per heavy atom. The number of carbonyl (C=O) groups is 2. The molecular weight excluding hydrogens is 428 g/mol. The van der Waals surface area contributed by atoms with Crippen LogP contribution in [0.5, 0.6) is 0 Å². The average molecular weight is 475 g/mol. The number of carboxylic acids is 1. The summed E-state index contributed by atoms with van der Waals surface area (Å²) in [7, 11) is 0. The van der Waals surface area contributed by atoms with Gasteiger partial charge in [-0.15, -0.1) is 0 Å². The SMILES string of the molecule is C[C@H](CCC(=O)O)C1CCC2C3C(=O)CC4C[C@H](OC5CCCCO5)CC[C@]4(C)C3CC[C@@]21C. The van der Waals surface area contributed by atoms with Crippen LogP contribution >= 0.6 is 0 Å². The Balaban J connectivity index is 1.28. The summed E-state index contributed by atoms with van der Waals surface area (Å²) < 4.78 is 12.2. The molecule has 1 aliphatic heterocycles. The number of rotatable bonds is 6. The molecule has 10 atom stereocenters. The second-order valence-electron chi connectivity index (χ2n) is 13.1. The van der Waals surface area contributed by atoms with E-state index in [1.165, 1.54) is 19.3 Å². The highest BCUT2D eigenvalue weighted by molar-refractivity contribution is 5.83. The van der Waals surface area contributed by atoms with Crippen molar-refractivity contribution >= 4 is 11.8 Å². The minimum absolute atomic E-state index is 0.0379. The molecular formula is C29H46O5. The number of Topliss-reactive ketones (excluding diaryl/α,β-unsaturated/α-hetero) is 1. The largest absolute Gasteiger partial charge is 0.481 e. The van der Waals surface area contributed by atoms with Gasteiger partial charge in [0, 0.05) is 25.4 Å². The minimum atomic E-state index is -0.689. The molecule has 34 heavy (non-hydrogen) atoms. The fourth-order valence-corrected chi connectivity index (χ4v) is 9.58. The number of aliphatic carboxylic acids is 1. The van der Waals surface area contributed by atoms with E-state index in [9.17, 15) is 14.7 Å². The first-order valence-electron chi connectivity index (χ1n) is 14.2. The molecule has 5 fully saturated rings. The predicted octanol–water partition coefficient (Wildman–Crippen LogP) is 6.24. The fraction of sp³-hybridized carbons (Fsp3) is 0.931. The van der Waals surface area contributed by atoms with Gasteiger partial charge in [0.1, 0.15) is 5.78 Å². The van der Waals surface area contributed by atoms with Crippen LogP contribution in [0.3, 0.4) is 0 Å². The molecule has 192 valence electrons. The highest BCUT2D eigenvalue weighted by Gasteiger charge is 2.63. The summed E-state index contributed by atoms with van der Waals surface area (Å²) in [6.45, 7) is 8.01. The third kappa shape index (κ3) is 4.27. The summed E-state index contributed by atoms with van der Waals surface area (Å²) in [6, 6.07) is 0. The van der Waals surface area contributed by atoms with Gasteiger partial charge in [-0.25, -0.2) is 0 Å². The topological polar surface area (TPSA) is 72.8 Å². The van der Waals surface area contributed by atoms with E-state index in [1.807, 2.05) is 0 Å². The molecule has 0 aromatic heterocycles. The maximum Gasteiger partial charge on any atom is 0.303 e. The van der Waals surface area contributed by atoms with Crippen molar-refractivity contribution in [3.63, 3.8) is 0 Å². The number of carbonyl (C=O) groups excluding carboxylic acids is 1. The Morgan fingerprint density at radius 2 is 1.85 bits per heavy atom. The van der Waals surface area contributed by atoms with Gasteiger partial charge in [0.25, 0.3) is 0 Å². The second kappa shape index (κ2) is 9.50. The van der Waals surface area contributed by atoms with E-state index in [4.69, 9.17) is 9.47 Å². The van der Waals surface area contributed by atoms with Crippen molar-refractivity contribution < 1.29 is 24.2 Å². The smallest absolute Gasteiger partial charge is 0.303 e. The van der Waals surface area contributed by atoms with Crippen LogP contribution in [-0.4, -0.2) is 35.9 Å². The Morgan fingerprint density at radius 1 is 1.09 bits per heavy atom. The lowest BCUT2D eigenvalue weighted by molar-refractivity contribution is -0.211. The van der Waals surface area contributed by atoms with E-state index in [2.05, 4.69) is 20.8 Å². The first kappa shape index (κ1) is 24.7. The Kier molecular flexibility index (Phi) is 6.91. The highest BCUT2D eigenvalue weighted by Crippen LogP contribution is 2.67. The first-order valence-corrected chi connectivity index (χ1v) is 14.2. The van der Waals surface area contributed by atoms with Crippen molar-refractivity contribution in [2.24, 2.45) is 46.3 Å². The van der Waals surface area contributed by atoms with Crippen LogP contribution in [0.15, 0.2) is 0 Å². The van der Waals surface area contributed by atoms with Crippen LogP contribution in [0, 0.1) is 46.3 Å². The van der Waals surface area contributed by atoms with Crippen molar-refractivity contribution in [1.82, 2.24) is 0 Å². The summed E-state index contributed by atoms with van der Waals surface area (Å²) in [5.74, 6) is 2.46. The Bertz CT molecular complexity index is 774. The van der Waals surface area contributed by atoms with E-state index in [-0.39, 0.29) is 35.6 Å². The zero-order valence-electron chi connectivity index (χ0n) is 21.6. The molecule has 0 bridgehead atoms. The summed E-state index contributed by atoms with van der Waals surface area (Å²) >= 11 is 0. The second-order valence-corrected chi connectivity index (χ2v) is 13.1. The molecule has 0 amide bonds. The normalized spacial score (nSPS) is 47.4. The van der Waals surface area contributed by atoms with E-state index in [0.717, 1.165) is 64.4 Å². The maximum absolute atomic E-state index is 13.8. The number of ether oxygens (including phenoxy) is 2. The standard InChI is InChI=1S/C29H46O5/c1-18(7-10-25(31)32)21-8-9-22-27-23(12-14-29(21,22)3)28(2)13-11-20(16-19(28)17-24(27)30)34-26-6-4-5-15-33-26/h18-23,26-27H,4-17H2,1-3H3,(H,31,32)/t18-,19?,20-,21?,22?,23?,26?,27?,28+,29-/m1/s1. The van der Waals surface area contributed by atoms with Gasteiger partial charge >= 0.3 is 5.97 Å². The zero-order chi connectivity index (χ0) is 24.1. The van der Waals surface area contributed by atoms with Crippen molar-refractivity contribution in [3.8, 4) is 0 Å². The third-order valence-electron chi connectivity index (χ3n) is 11.5. The van der Waals surface area contributed by atoms with E-state index >= 15 is 0 Å². The summed E-state index contributed by atoms with van der Waals surface area (Å²) in [4.78, 5) is 24.9. The number of fused-ring (bicyclic) bond motifs is 5. The molecule has 4 saturated carbocycles. The van der Waals surface area contributed by atoms with Crippen molar-refractivity contribution in [2.75, 3.05) is 6.61 Å².